The van der Waals surface area contributed by atoms with Gasteiger partial charge in [-0.3, -0.25) is 14.0 Å². The third-order valence-corrected chi connectivity index (χ3v) is 11.7. The summed E-state index contributed by atoms with van der Waals surface area (Å²) in [6, 6.07) is 0. The van der Waals surface area contributed by atoms with Crippen molar-refractivity contribution in [2.75, 3.05) is 12.3 Å². The summed E-state index contributed by atoms with van der Waals surface area (Å²) >= 11 is 0. The van der Waals surface area contributed by atoms with Gasteiger partial charge in [0, 0.05) is 5.56 Å². The summed E-state index contributed by atoms with van der Waals surface area (Å²) in [5.41, 5.74) is 7.43. The summed E-state index contributed by atoms with van der Waals surface area (Å²) in [7, 11) is -4.73. The number of phosphoric acid groups is 1. The normalized spacial score (nSPS) is 25.6. The van der Waals surface area contributed by atoms with Gasteiger partial charge in [-0.25, -0.2) is 14.3 Å². The molecule has 3 heterocycles. The van der Waals surface area contributed by atoms with E-state index in [1.165, 1.54) is 44.9 Å². The molecule has 0 amide bonds. The van der Waals surface area contributed by atoms with Gasteiger partial charge in [-0.1, -0.05) is 72.6 Å². The number of nitrogen functional groups attached to an aromatic ring is 1. The molecule has 5 N–H and O–H groups in total. The lowest BCUT2D eigenvalue weighted by Crippen LogP contribution is -2.37. The zero-order valence-corrected chi connectivity index (χ0v) is 32.7. The van der Waals surface area contributed by atoms with Crippen LogP contribution in [0.4, 0.5) is 5.95 Å². The van der Waals surface area contributed by atoms with Crippen LogP contribution in [0.15, 0.2) is 11.1 Å². The van der Waals surface area contributed by atoms with E-state index in [-0.39, 0.29) is 17.3 Å². The highest BCUT2D eigenvalue weighted by atomic mass is 31.2. The van der Waals surface area contributed by atoms with Gasteiger partial charge in [-0.15, -0.1) is 0 Å². The van der Waals surface area contributed by atoms with Crippen LogP contribution in [-0.2, 0) is 20.2 Å². The average Bonchev–Trinajstić information content (AvgIpc) is 3.33. The van der Waals surface area contributed by atoms with Crippen molar-refractivity contribution < 1.29 is 38.2 Å². The zero-order chi connectivity index (χ0) is 37.7. The van der Waals surface area contributed by atoms with Gasteiger partial charge in [0.2, 0.25) is 5.95 Å². The van der Waals surface area contributed by atoms with Crippen LogP contribution in [0.2, 0.25) is 0 Å². The first-order valence-corrected chi connectivity index (χ1v) is 20.1. The Morgan fingerprint density at radius 3 is 2.25 bits per heavy atom. The van der Waals surface area contributed by atoms with E-state index in [4.69, 9.17) is 24.3 Å². The van der Waals surface area contributed by atoms with Crippen molar-refractivity contribution in [2.45, 2.75) is 156 Å². The number of nitrogens with zero attached hydrogens (tertiary/aromatic N) is 3. The first-order chi connectivity index (χ1) is 23.9. The number of fused-ring (bicyclic) bond motifs is 1. The molecule has 14 heteroatoms. The quantitative estimate of drug-likeness (QED) is 0.122. The van der Waals surface area contributed by atoms with E-state index in [0.29, 0.717) is 17.0 Å². The molecular weight excluding hydrogens is 675 g/mol. The smallest absolute Gasteiger partial charge is 0.487 e. The predicted molar refractivity (Wildman–Crippen MR) is 196 cm³/mol. The molecule has 5 unspecified atom stereocenters. The van der Waals surface area contributed by atoms with Gasteiger partial charge in [0.25, 0.3) is 0 Å². The topological polar surface area (TPSA) is 188 Å². The fraction of sp³-hybridized carbons (Fsp3) is 0.757. The largest absolute Gasteiger partial charge is 0.527 e. The highest BCUT2D eigenvalue weighted by Crippen LogP contribution is 2.51. The lowest BCUT2D eigenvalue weighted by Gasteiger charge is -2.38. The van der Waals surface area contributed by atoms with Crippen LogP contribution in [0.1, 0.15) is 127 Å². The molecule has 2 aromatic rings. The molecule has 1 fully saturated rings. The first kappa shape index (κ1) is 41.2. The number of ether oxygens (including phenoxy) is 2. The van der Waals surface area contributed by atoms with Crippen molar-refractivity contribution in [2.24, 2.45) is 17.8 Å². The van der Waals surface area contributed by atoms with Gasteiger partial charge in [0.15, 0.2) is 6.23 Å². The summed E-state index contributed by atoms with van der Waals surface area (Å²) < 4.78 is 37.2. The van der Waals surface area contributed by atoms with Crippen LogP contribution in [0.3, 0.4) is 0 Å². The fourth-order valence-electron chi connectivity index (χ4n) is 7.33. The summed E-state index contributed by atoms with van der Waals surface area (Å²) in [4.78, 5) is 30.1. The summed E-state index contributed by atoms with van der Waals surface area (Å²) in [5, 5.41) is 21.0. The summed E-state index contributed by atoms with van der Waals surface area (Å²) in [6.45, 7) is 16.5. The van der Waals surface area contributed by atoms with E-state index in [0.717, 1.165) is 65.3 Å². The highest BCUT2D eigenvalue weighted by molar-refractivity contribution is 7.47. The Labute approximate surface area is 302 Å². The van der Waals surface area contributed by atoms with E-state index < -0.39 is 44.7 Å². The second kappa shape index (κ2) is 17.5. The van der Waals surface area contributed by atoms with E-state index in [2.05, 4.69) is 44.6 Å². The number of aromatic nitrogens is 3. The Balaban J connectivity index is 1.30. The number of anilines is 1. The fourth-order valence-corrected chi connectivity index (χ4v) is 8.23. The minimum atomic E-state index is -4.73. The zero-order valence-electron chi connectivity index (χ0n) is 31.8. The van der Waals surface area contributed by atoms with Crippen molar-refractivity contribution in [3.05, 3.63) is 39.1 Å². The van der Waals surface area contributed by atoms with Crippen molar-refractivity contribution in [1.29, 1.82) is 0 Å². The number of hydrogen-bond acceptors (Lipinski definition) is 11. The van der Waals surface area contributed by atoms with Crippen LogP contribution >= 0.6 is 7.82 Å². The summed E-state index contributed by atoms with van der Waals surface area (Å²) in [5.74, 6) is 3.07. The lowest BCUT2D eigenvalue weighted by molar-refractivity contribution is -0.0544. The van der Waals surface area contributed by atoms with Gasteiger partial charge in [0.05, 0.1) is 6.61 Å². The van der Waals surface area contributed by atoms with Crippen molar-refractivity contribution in [3.8, 4) is 11.5 Å². The van der Waals surface area contributed by atoms with Crippen molar-refractivity contribution in [3.63, 3.8) is 0 Å². The van der Waals surface area contributed by atoms with Gasteiger partial charge in [0.1, 0.15) is 41.7 Å². The number of aliphatic hydroxyl groups excluding tert-OH is 2. The monoisotopic (exact) mass is 736 g/mol. The Hall–Kier alpha value is -2.54. The Morgan fingerprint density at radius 2 is 1.63 bits per heavy atom. The van der Waals surface area contributed by atoms with Crippen LogP contribution in [0, 0.1) is 38.5 Å². The number of rotatable bonds is 18. The number of aliphatic hydroxyl groups is 2. The van der Waals surface area contributed by atoms with E-state index >= 15 is 0 Å². The van der Waals surface area contributed by atoms with Crippen LogP contribution < -0.4 is 20.7 Å². The third kappa shape index (κ3) is 10.8. The van der Waals surface area contributed by atoms with Gasteiger partial charge in [-0.2, -0.15) is 4.98 Å². The molecule has 51 heavy (non-hydrogen) atoms. The number of benzene rings is 1. The molecule has 1 aromatic heterocycles. The molecule has 0 aliphatic carbocycles. The molecule has 2 aliphatic rings. The number of nitrogens with two attached hydrogens (primary N) is 1. The molecule has 0 bridgehead atoms. The van der Waals surface area contributed by atoms with Crippen LogP contribution in [0.5, 0.6) is 11.5 Å². The molecule has 0 saturated carbocycles. The molecular formula is C37H61N4O9P. The number of phosphoric ester groups is 1. The standard InChI is InChI=1S/C37H61N4O9P/c1-22(2)12-9-13-23(3)14-10-15-24(4)16-11-18-37(8)19-17-28-27(7)32(25(5)26(6)33(28)49-37)50-51(45,46)47-20-29-30(42)31(43)34(48-29)41-21-39-35(38)40-36(41)44/h21-24,29-31,34,42-43H,9-20H2,1-8H3,(H,45,46)(H2,38,40,44)/t23?,24?,29-,30?,31+,34-,37?/m1/s1. The van der Waals surface area contributed by atoms with E-state index in [9.17, 15) is 24.5 Å². The van der Waals surface area contributed by atoms with Crippen molar-refractivity contribution >= 4 is 13.8 Å². The second-order valence-electron chi connectivity index (χ2n) is 15.7. The first-order valence-electron chi connectivity index (χ1n) is 18.6. The van der Waals surface area contributed by atoms with E-state index in [1.54, 1.807) is 0 Å². The van der Waals surface area contributed by atoms with Crippen LogP contribution in [0.25, 0.3) is 0 Å². The lowest BCUT2D eigenvalue weighted by atomic mass is 9.84. The third-order valence-electron chi connectivity index (χ3n) is 10.8. The Morgan fingerprint density at radius 1 is 1.00 bits per heavy atom. The van der Waals surface area contributed by atoms with Gasteiger partial charge >= 0.3 is 13.5 Å². The summed E-state index contributed by atoms with van der Waals surface area (Å²) in [6.07, 6.45) is 8.00. The minimum absolute atomic E-state index is 0.240. The molecule has 2 aliphatic heterocycles. The molecule has 4 rings (SSSR count). The maximum absolute atomic E-state index is 13.2. The molecule has 8 atom stereocenters. The molecule has 1 aromatic carbocycles. The molecule has 0 radical (unpaired) electrons. The minimum Gasteiger partial charge on any atom is -0.487 e. The second-order valence-corrected chi connectivity index (χ2v) is 17.1. The highest BCUT2D eigenvalue weighted by Gasteiger charge is 2.46. The number of hydrogen-bond donors (Lipinski definition) is 4. The molecule has 0 spiro atoms. The Kier molecular flexibility index (Phi) is 14.2. The molecule has 13 nitrogen and oxygen atoms in total. The average molecular weight is 737 g/mol. The SMILES string of the molecule is Cc1c(C)c2c(c(C)c1OP(=O)(O)OC[C@H]1O[C@@H](n3cnc(N)nc3=O)[C@@H](O)C1O)CCC(C)(CCCC(C)CCCC(C)CCCC(C)C)O2. The molecule has 1 saturated heterocycles. The van der Waals surface area contributed by atoms with E-state index in [1.807, 2.05) is 20.8 Å². The maximum Gasteiger partial charge on any atom is 0.527 e. The van der Waals surface area contributed by atoms with Crippen LogP contribution in [-0.4, -0.2) is 60.2 Å². The molecule has 288 valence electrons. The van der Waals surface area contributed by atoms with Gasteiger partial charge in [-0.05, 0) is 87.8 Å². The maximum atomic E-state index is 13.2. The Bertz CT molecular complexity index is 1590. The predicted octanol–water partition coefficient (Wildman–Crippen LogP) is 6.48. The van der Waals surface area contributed by atoms with Gasteiger partial charge < -0.3 is 29.9 Å². The van der Waals surface area contributed by atoms with Crippen molar-refractivity contribution in [1.82, 2.24) is 14.5 Å².